The fourth-order valence-corrected chi connectivity index (χ4v) is 3.30. The number of allylic oxidation sites excluding steroid dienone is 4. The van der Waals surface area contributed by atoms with Crippen molar-refractivity contribution in [1.82, 2.24) is 0 Å². The summed E-state index contributed by atoms with van der Waals surface area (Å²) in [4.78, 5) is 0. The van der Waals surface area contributed by atoms with Crippen molar-refractivity contribution in [3.8, 4) is 22.3 Å². The molecule has 0 heterocycles. The van der Waals surface area contributed by atoms with E-state index in [9.17, 15) is 0 Å². The number of nitrogens with two attached hydrogens (primary N) is 1. The van der Waals surface area contributed by atoms with Crippen LogP contribution in [0.25, 0.3) is 27.8 Å². The minimum atomic E-state index is 0.793. The van der Waals surface area contributed by atoms with Gasteiger partial charge in [-0.25, -0.2) is 0 Å². The highest BCUT2D eigenvalue weighted by molar-refractivity contribution is 5.80. The lowest BCUT2D eigenvalue weighted by Crippen LogP contribution is -1.88. The van der Waals surface area contributed by atoms with Gasteiger partial charge >= 0.3 is 0 Å². The lowest BCUT2D eigenvalue weighted by atomic mass is 9.94. The summed E-state index contributed by atoms with van der Waals surface area (Å²) in [5.41, 5.74) is 14.1. The van der Waals surface area contributed by atoms with Crippen LogP contribution in [-0.4, -0.2) is 0 Å². The molecule has 0 unspecified atom stereocenters. The van der Waals surface area contributed by atoms with E-state index in [1.807, 2.05) is 18.2 Å². The molecule has 0 spiro atoms. The van der Waals surface area contributed by atoms with Crippen LogP contribution in [0.1, 0.15) is 18.4 Å². The Morgan fingerprint density at radius 3 is 1.76 bits per heavy atom. The Balaban J connectivity index is 1.72. The van der Waals surface area contributed by atoms with Crippen LogP contribution in [0.3, 0.4) is 0 Å². The van der Waals surface area contributed by atoms with Crippen LogP contribution in [0.5, 0.6) is 0 Å². The average molecular weight is 323 g/mol. The van der Waals surface area contributed by atoms with Crippen molar-refractivity contribution in [1.29, 1.82) is 0 Å². The van der Waals surface area contributed by atoms with E-state index in [-0.39, 0.29) is 0 Å². The van der Waals surface area contributed by atoms with Crippen LogP contribution in [-0.2, 0) is 0 Å². The molecular weight excluding hydrogens is 302 g/mol. The Morgan fingerprint density at radius 2 is 1.16 bits per heavy atom. The molecule has 122 valence electrons. The molecular formula is C24H21N. The highest BCUT2D eigenvalue weighted by atomic mass is 14.5. The van der Waals surface area contributed by atoms with Gasteiger partial charge in [-0.05, 0) is 70.5 Å². The maximum absolute atomic E-state index is 5.93. The third-order valence-corrected chi connectivity index (χ3v) is 4.61. The highest BCUT2D eigenvalue weighted by Gasteiger charge is 2.05. The lowest BCUT2D eigenvalue weighted by Gasteiger charge is -2.11. The van der Waals surface area contributed by atoms with Crippen molar-refractivity contribution in [2.75, 3.05) is 5.73 Å². The minimum Gasteiger partial charge on any atom is -0.399 e. The molecule has 0 amide bonds. The van der Waals surface area contributed by atoms with E-state index >= 15 is 0 Å². The summed E-state index contributed by atoms with van der Waals surface area (Å²) < 4.78 is 0. The van der Waals surface area contributed by atoms with E-state index in [1.165, 1.54) is 27.8 Å². The Hall–Kier alpha value is -3.06. The summed E-state index contributed by atoms with van der Waals surface area (Å²) >= 11 is 0. The van der Waals surface area contributed by atoms with Gasteiger partial charge < -0.3 is 5.73 Å². The number of nitrogen functional groups attached to an aromatic ring is 1. The molecule has 0 saturated carbocycles. The molecule has 2 N–H and O–H groups in total. The van der Waals surface area contributed by atoms with Crippen LogP contribution in [0.4, 0.5) is 5.69 Å². The second kappa shape index (κ2) is 6.82. The van der Waals surface area contributed by atoms with Gasteiger partial charge in [0.1, 0.15) is 0 Å². The third kappa shape index (κ3) is 3.41. The van der Waals surface area contributed by atoms with Gasteiger partial charge in [-0.15, -0.1) is 0 Å². The van der Waals surface area contributed by atoms with Gasteiger partial charge in [0.05, 0.1) is 0 Å². The largest absolute Gasteiger partial charge is 0.399 e. The fourth-order valence-electron chi connectivity index (χ4n) is 3.30. The second-order valence-electron chi connectivity index (χ2n) is 6.43. The van der Waals surface area contributed by atoms with Gasteiger partial charge in [-0.2, -0.15) is 0 Å². The Kier molecular flexibility index (Phi) is 4.22. The average Bonchev–Trinajstić information content (AvgIpc) is 2.69. The first-order valence-electron chi connectivity index (χ1n) is 8.73. The van der Waals surface area contributed by atoms with Crippen LogP contribution < -0.4 is 5.73 Å². The molecule has 1 aliphatic carbocycles. The van der Waals surface area contributed by atoms with Crippen molar-refractivity contribution < 1.29 is 0 Å². The summed E-state index contributed by atoms with van der Waals surface area (Å²) in [6.07, 6.45) is 9.07. The summed E-state index contributed by atoms with van der Waals surface area (Å²) in [5.74, 6) is 0. The maximum atomic E-state index is 5.93. The predicted octanol–water partition coefficient (Wildman–Crippen LogP) is 6.34. The first-order chi connectivity index (χ1) is 12.3. The van der Waals surface area contributed by atoms with Crippen molar-refractivity contribution >= 4 is 11.3 Å². The minimum absolute atomic E-state index is 0.793. The number of benzene rings is 3. The quantitative estimate of drug-likeness (QED) is 0.559. The standard InChI is InChI=1S/C24H21N/c25-24-14-6-13-23(17-24)22-12-5-11-21(16-22)20-10-4-9-19(15-20)18-7-2-1-3-8-18/h2,4-17H,1,3,25H2. The number of hydrogen-bond acceptors (Lipinski definition) is 1. The van der Waals surface area contributed by atoms with Crippen LogP contribution in [0.2, 0.25) is 0 Å². The molecule has 0 radical (unpaired) electrons. The third-order valence-electron chi connectivity index (χ3n) is 4.61. The van der Waals surface area contributed by atoms with Crippen molar-refractivity contribution in [2.24, 2.45) is 0 Å². The second-order valence-corrected chi connectivity index (χ2v) is 6.43. The molecule has 0 fully saturated rings. The van der Waals surface area contributed by atoms with Gasteiger partial charge in [0.25, 0.3) is 0 Å². The molecule has 1 heteroatoms. The zero-order chi connectivity index (χ0) is 17.1. The molecule has 3 aromatic carbocycles. The van der Waals surface area contributed by atoms with E-state index in [0.29, 0.717) is 0 Å². The van der Waals surface area contributed by atoms with Gasteiger partial charge in [-0.1, -0.05) is 66.8 Å². The first-order valence-corrected chi connectivity index (χ1v) is 8.73. The molecule has 0 aromatic heterocycles. The molecule has 0 aliphatic heterocycles. The SMILES string of the molecule is Nc1cccc(-c2cccc(-c3cccc(C4=CCCC=C4)c3)c2)c1. The monoisotopic (exact) mass is 323 g/mol. The van der Waals surface area contributed by atoms with Crippen LogP contribution in [0, 0.1) is 0 Å². The van der Waals surface area contributed by atoms with Crippen molar-refractivity contribution in [2.45, 2.75) is 12.8 Å². The molecule has 4 rings (SSSR count). The number of hydrogen-bond donors (Lipinski definition) is 1. The summed E-state index contributed by atoms with van der Waals surface area (Å²) in [6.45, 7) is 0. The van der Waals surface area contributed by atoms with Crippen LogP contribution in [0.15, 0.2) is 91.0 Å². The van der Waals surface area contributed by atoms with Gasteiger partial charge in [0, 0.05) is 5.69 Å². The summed E-state index contributed by atoms with van der Waals surface area (Å²) in [7, 11) is 0. The Morgan fingerprint density at radius 1 is 0.600 bits per heavy atom. The highest BCUT2D eigenvalue weighted by Crippen LogP contribution is 2.30. The first kappa shape index (κ1) is 15.5. The van der Waals surface area contributed by atoms with Crippen LogP contribution >= 0.6 is 0 Å². The zero-order valence-electron chi connectivity index (χ0n) is 14.2. The summed E-state index contributed by atoms with van der Waals surface area (Å²) in [5, 5.41) is 0. The van der Waals surface area contributed by atoms with E-state index in [4.69, 9.17) is 5.73 Å². The Labute approximate surface area is 149 Å². The fraction of sp³-hybridized carbons (Fsp3) is 0.0833. The summed E-state index contributed by atoms with van der Waals surface area (Å²) in [6, 6.07) is 25.5. The van der Waals surface area contributed by atoms with E-state index in [2.05, 4.69) is 72.8 Å². The van der Waals surface area contributed by atoms with Gasteiger partial charge in [0.15, 0.2) is 0 Å². The van der Waals surface area contributed by atoms with E-state index < -0.39 is 0 Å². The molecule has 0 atom stereocenters. The lowest BCUT2D eigenvalue weighted by molar-refractivity contribution is 1.04. The van der Waals surface area contributed by atoms with Gasteiger partial charge in [-0.3, -0.25) is 0 Å². The zero-order valence-corrected chi connectivity index (χ0v) is 14.2. The topological polar surface area (TPSA) is 26.0 Å². The Bertz CT molecular complexity index is 963. The van der Waals surface area contributed by atoms with Crippen molar-refractivity contribution in [3.05, 3.63) is 96.6 Å². The molecule has 0 bridgehead atoms. The van der Waals surface area contributed by atoms with E-state index in [1.54, 1.807) is 0 Å². The molecule has 25 heavy (non-hydrogen) atoms. The smallest absolute Gasteiger partial charge is 0.0320 e. The molecule has 3 aromatic rings. The number of anilines is 1. The maximum Gasteiger partial charge on any atom is 0.0320 e. The molecule has 1 aliphatic rings. The molecule has 0 saturated heterocycles. The molecule has 1 nitrogen and oxygen atoms in total. The number of rotatable bonds is 3. The van der Waals surface area contributed by atoms with E-state index in [0.717, 1.165) is 24.1 Å². The normalized spacial score (nSPS) is 13.5. The van der Waals surface area contributed by atoms with Crippen molar-refractivity contribution in [3.63, 3.8) is 0 Å². The van der Waals surface area contributed by atoms with Gasteiger partial charge in [0.2, 0.25) is 0 Å². The predicted molar refractivity (Wildman–Crippen MR) is 108 cm³/mol.